The van der Waals surface area contributed by atoms with Crippen LogP contribution in [0.15, 0.2) is 41.3 Å². The van der Waals surface area contributed by atoms with Crippen LogP contribution in [0, 0.1) is 12.8 Å². The fraction of sp³-hybridized carbons (Fsp3) is 0.480. The van der Waals surface area contributed by atoms with Gasteiger partial charge in [0.25, 0.3) is 0 Å². The van der Waals surface area contributed by atoms with Gasteiger partial charge in [-0.05, 0) is 55.3 Å². The summed E-state index contributed by atoms with van der Waals surface area (Å²) in [7, 11) is 0.516. The van der Waals surface area contributed by atoms with Crippen LogP contribution in [0.1, 0.15) is 36.9 Å². The molecule has 192 valence electrons. The number of hydrogen-bond acceptors (Lipinski definition) is 7. The lowest BCUT2D eigenvalue weighted by molar-refractivity contribution is -0.143. The maximum atomic E-state index is 13.8. The molecule has 1 saturated heterocycles. The van der Waals surface area contributed by atoms with E-state index in [4.69, 9.17) is 14.2 Å². The monoisotopic (exact) mass is 523 g/mol. The second-order valence-corrected chi connectivity index (χ2v) is 11.7. The summed E-state index contributed by atoms with van der Waals surface area (Å²) in [5.41, 5.74) is 1.59. The van der Waals surface area contributed by atoms with Gasteiger partial charge >= 0.3 is 5.97 Å². The van der Waals surface area contributed by atoms with Crippen molar-refractivity contribution in [1.29, 1.82) is 0 Å². The summed E-state index contributed by atoms with van der Waals surface area (Å²) < 4.78 is 45.5. The quantitative estimate of drug-likeness (QED) is 0.490. The van der Waals surface area contributed by atoms with Crippen molar-refractivity contribution in [3.63, 3.8) is 0 Å². The normalized spacial score (nSPS) is 20.9. The van der Waals surface area contributed by atoms with Crippen LogP contribution in [0.25, 0.3) is 0 Å². The molecule has 0 amide bonds. The summed E-state index contributed by atoms with van der Waals surface area (Å²) in [5.74, 6) is 0.195. The Balaban J connectivity index is 2.17. The zero-order chi connectivity index (χ0) is 25.8. The van der Waals surface area contributed by atoms with Gasteiger partial charge in [-0.15, -0.1) is 0 Å². The van der Waals surface area contributed by atoms with Gasteiger partial charge in [0.2, 0.25) is 15.8 Å². The maximum Gasteiger partial charge on any atom is 0.308 e. The van der Waals surface area contributed by atoms with Crippen LogP contribution >= 0.6 is 11.8 Å². The third kappa shape index (κ3) is 5.70. The van der Waals surface area contributed by atoms with Crippen LogP contribution in [0.3, 0.4) is 0 Å². The minimum atomic E-state index is -3.99. The molecule has 0 unspecified atom stereocenters. The minimum Gasteiger partial charge on any atom is -0.493 e. The summed E-state index contributed by atoms with van der Waals surface area (Å²) in [6, 6.07) is 9.47. The summed E-state index contributed by atoms with van der Waals surface area (Å²) in [5, 5.41) is 9.75. The van der Waals surface area contributed by atoms with Crippen molar-refractivity contribution < 1.29 is 32.5 Å². The number of aliphatic carboxylic acids is 1. The van der Waals surface area contributed by atoms with Gasteiger partial charge in [0.05, 0.1) is 38.2 Å². The molecule has 0 bridgehead atoms. The predicted octanol–water partition coefficient (Wildman–Crippen LogP) is 4.37. The maximum absolute atomic E-state index is 13.8. The van der Waals surface area contributed by atoms with Crippen molar-refractivity contribution in [3.05, 3.63) is 47.5 Å². The van der Waals surface area contributed by atoms with Gasteiger partial charge in [0.1, 0.15) is 0 Å². The number of piperidine rings is 1. The molecular formula is C25H33NO7S2. The van der Waals surface area contributed by atoms with E-state index in [1.165, 1.54) is 25.6 Å². The molecule has 1 aliphatic rings. The number of methoxy groups -OCH3 is 3. The van der Waals surface area contributed by atoms with Gasteiger partial charge in [-0.25, -0.2) is 8.42 Å². The van der Waals surface area contributed by atoms with Crippen molar-refractivity contribution >= 4 is 27.8 Å². The molecule has 2 aromatic rings. The van der Waals surface area contributed by atoms with Crippen LogP contribution in [-0.4, -0.2) is 62.7 Å². The van der Waals surface area contributed by atoms with Gasteiger partial charge < -0.3 is 19.3 Å². The number of sulfonamides is 1. The van der Waals surface area contributed by atoms with Crippen LogP contribution in [0.2, 0.25) is 0 Å². The Morgan fingerprint density at radius 3 is 2.17 bits per heavy atom. The van der Waals surface area contributed by atoms with E-state index in [0.717, 1.165) is 17.7 Å². The van der Waals surface area contributed by atoms with E-state index >= 15 is 0 Å². The van der Waals surface area contributed by atoms with Crippen LogP contribution in [0.4, 0.5) is 0 Å². The summed E-state index contributed by atoms with van der Waals surface area (Å²) >= 11 is 1.58. The highest BCUT2D eigenvalue weighted by molar-refractivity contribution is 7.99. The SMILES string of the molecule is CCCS[C@@H]1C[C@@H](c2cc(OC)c(OC)c(OC)c2)N(S(=O)(=O)c2ccc(C)cc2)C[C@H]1C(=O)O. The number of carboxylic acids is 1. The molecule has 35 heavy (non-hydrogen) atoms. The van der Waals surface area contributed by atoms with Crippen LogP contribution in [-0.2, 0) is 14.8 Å². The summed E-state index contributed by atoms with van der Waals surface area (Å²) in [4.78, 5) is 12.3. The number of carbonyl (C=O) groups is 1. The van der Waals surface area contributed by atoms with E-state index in [1.807, 2.05) is 13.8 Å². The first-order valence-electron chi connectivity index (χ1n) is 11.4. The third-order valence-corrected chi connectivity index (χ3v) is 9.66. The number of aryl methyl sites for hydroxylation is 1. The Labute approximate surface area is 211 Å². The Hall–Kier alpha value is -2.43. The number of thioether (sulfide) groups is 1. The molecule has 0 saturated carbocycles. The minimum absolute atomic E-state index is 0.129. The zero-order valence-corrected chi connectivity index (χ0v) is 22.3. The van der Waals surface area contributed by atoms with Gasteiger partial charge in [-0.3, -0.25) is 4.79 Å². The number of ether oxygens (including phenoxy) is 3. The van der Waals surface area contributed by atoms with Crippen LogP contribution < -0.4 is 14.2 Å². The Kier molecular flexibility index (Phi) is 8.95. The number of benzene rings is 2. The van der Waals surface area contributed by atoms with Gasteiger partial charge in [0, 0.05) is 11.8 Å². The van der Waals surface area contributed by atoms with Gasteiger partial charge in [-0.2, -0.15) is 16.1 Å². The molecule has 0 spiro atoms. The second kappa shape index (κ2) is 11.5. The molecule has 1 fully saturated rings. The van der Waals surface area contributed by atoms with E-state index in [1.54, 1.807) is 48.2 Å². The predicted molar refractivity (Wildman–Crippen MR) is 136 cm³/mol. The van der Waals surface area contributed by atoms with E-state index < -0.39 is 28.0 Å². The molecule has 2 aromatic carbocycles. The Morgan fingerprint density at radius 2 is 1.69 bits per heavy atom. The molecule has 0 radical (unpaired) electrons. The highest BCUT2D eigenvalue weighted by Crippen LogP contribution is 2.46. The molecular weight excluding hydrogens is 490 g/mol. The second-order valence-electron chi connectivity index (χ2n) is 8.45. The largest absolute Gasteiger partial charge is 0.493 e. The highest BCUT2D eigenvalue weighted by Gasteiger charge is 2.45. The first-order chi connectivity index (χ1) is 16.7. The average Bonchev–Trinajstić information content (AvgIpc) is 2.85. The van der Waals surface area contributed by atoms with Crippen LogP contribution in [0.5, 0.6) is 17.2 Å². The molecule has 3 atom stereocenters. The van der Waals surface area contributed by atoms with Crippen molar-refractivity contribution in [1.82, 2.24) is 4.31 Å². The molecule has 10 heteroatoms. The number of hydrogen-bond donors (Lipinski definition) is 1. The van der Waals surface area contributed by atoms with E-state index in [-0.39, 0.29) is 16.7 Å². The van der Waals surface area contributed by atoms with Gasteiger partial charge in [0.15, 0.2) is 11.5 Å². The van der Waals surface area contributed by atoms with Crippen molar-refractivity contribution in [2.45, 2.75) is 42.9 Å². The topological polar surface area (TPSA) is 102 Å². The Morgan fingerprint density at radius 1 is 1.09 bits per heavy atom. The van der Waals surface area contributed by atoms with Crippen molar-refractivity contribution in [2.75, 3.05) is 33.6 Å². The van der Waals surface area contributed by atoms with Gasteiger partial charge in [-0.1, -0.05) is 24.6 Å². The summed E-state index contributed by atoms with van der Waals surface area (Å²) in [6.07, 6.45) is 1.24. The molecule has 1 aliphatic heterocycles. The lowest BCUT2D eigenvalue weighted by Gasteiger charge is -2.42. The molecule has 8 nitrogen and oxygen atoms in total. The standard InChI is InChI=1S/C25H33NO7S2/c1-6-11-34-23-14-20(17-12-21(31-3)24(33-5)22(13-17)32-4)26(15-19(23)25(27)28)35(29,30)18-9-7-16(2)8-10-18/h7-10,12-13,19-20,23H,6,11,14-15H2,1-5H3,(H,27,28)/t19-,20+,23-/m1/s1. The first-order valence-corrected chi connectivity index (χ1v) is 13.9. The third-order valence-electron chi connectivity index (χ3n) is 6.18. The lowest BCUT2D eigenvalue weighted by atomic mass is 9.90. The lowest BCUT2D eigenvalue weighted by Crippen LogP contribution is -2.49. The van der Waals surface area contributed by atoms with E-state index in [9.17, 15) is 18.3 Å². The van der Waals surface area contributed by atoms with E-state index in [2.05, 4.69) is 0 Å². The number of rotatable bonds is 10. The molecule has 3 rings (SSSR count). The smallest absolute Gasteiger partial charge is 0.308 e. The van der Waals surface area contributed by atoms with E-state index in [0.29, 0.717) is 29.2 Å². The first kappa shape index (κ1) is 27.2. The average molecular weight is 524 g/mol. The molecule has 0 aromatic heterocycles. The fourth-order valence-electron chi connectivity index (χ4n) is 4.34. The molecule has 1 N–H and O–H groups in total. The zero-order valence-electron chi connectivity index (χ0n) is 20.7. The summed E-state index contributed by atoms with van der Waals surface area (Å²) in [6.45, 7) is 3.79. The Bertz CT molecular complexity index is 1110. The van der Waals surface area contributed by atoms with Crippen molar-refractivity contribution in [3.8, 4) is 17.2 Å². The van der Waals surface area contributed by atoms with Crippen molar-refractivity contribution in [2.24, 2.45) is 5.92 Å². The number of nitrogens with zero attached hydrogens (tertiary/aromatic N) is 1. The molecule has 1 heterocycles. The highest BCUT2D eigenvalue weighted by atomic mass is 32.2. The fourth-order valence-corrected chi connectivity index (χ4v) is 7.28. The molecule has 0 aliphatic carbocycles. The number of carboxylic acid groups (broad SMARTS) is 1.